The van der Waals surface area contributed by atoms with Gasteiger partial charge in [-0.25, -0.2) is 4.98 Å². The van der Waals surface area contributed by atoms with E-state index in [0.29, 0.717) is 35.5 Å². The van der Waals surface area contributed by atoms with E-state index < -0.39 is 0 Å². The molecule has 2 aliphatic rings. The average molecular weight is 430 g/mol. The number of hydrogen-bond donors (Lipinski definition) is 1. The smallest absolute Gasteiger partial charge is 0.245 e. The molecule has 1 aromatic carbocycles. The lowest BCUT2D eigenvalue weighted by Crippen LogP contribution is -2.34. The zero-order chi connectivity index (χ0) is 21.3. The summed E-state index contributed by atoms with van der Waals surface area (Å²) in [6.07, 6.45) is 2.75. The molecule has 0 radical (unpaired) electrons. The fourth-order valence-electron chi connectivity index (χ4n) is 3.68. The van der Waals surface area contributed by atoms with Crippen LogP contribution in [0.25, 0.3) is 0 Å². The number of thiazole rings is 1. The second-order valence-corrected chi connectivity index (χ2v) is 9.01. The molecule has 30 heavy (non-hydrogen) atoms. The number of ether oxygens (including phenoxy) is 2. The van der Waals surface area contributed by atoms with Crippen LogP contribution in [0.3, 0.4) is 0 Å². The van der Waals surface area contributed by atoms with Crippen LogP contribution in [0.5, 0.6) is 11.5 Å². The van der Waals surface area contributed by atoms with E-state index in [1.807, 2.05) is 37.4 Å². The number of hydrogen-bond acceptors (Lipinski definition) is 6. The van der Waals surface area contributed by atoms with Gasteiger partial charge in [-0.2, -0.15) is 0 Å². The molecule has 7 nitrogen and oxygen atoms in total. The van der Waals surface area contributed by atoms with Crippen molar-refractivity contribution in [3.63, 3.8) is 0 Å². The molecule has 1 aliphatic carbocycles. The van der Waals surface area contributed by atoms with Crippen LogP contribution < -0.4 is 14.8 Å². The van der Waals surface area contributed by atoms with E-state index in [1.165, 1.54) is 24.2 Å². The van der Waals surface area contributed by atoms with Crippen molar-refractivity contribution < 1.29 is 19.1 Å². The van der Waals surface area contributed by atoms with Gasteiger partial charge >= 0.3 is 0 Å². The predicted octanol–water partition coefficient (Wildman–Crippen LogP) is 3.77. The summed E-state index contributed by atoms with van der Waals surface area (Å²) < 4.78 is 11.2. The topological polar surface area (TPSA) is 80.8 Å². The van der Waals surface area contributed by atoms with E-state index in [4.69, 9.17) is 9.47 Å². The monoisotopic (exact) mass is 429 g/mol. The number of aromatic nitrogens is 1. The third-order valence-corrected chi connectivity index (χ3v) is 6.11. The summed E-state index contributed by atoms with van der Waals surface area (Å²) in [5, 5.41) is 5.44. The van der Waals surface area contributed by atoms with Crippen LogP contribution in [0.2, 0.25) is 0 Å². The quantitative estimate of drug-likeness (QED) is 0.691. The van der Waals surface area contributed by atoms with Crippen molar-refractivity contribution in [2.24, 2.45) is 0 Å². The maximum absolute atomic E-state index is 12.5. The number of nitrogens with zero attached hydrogens (tertiary/aromatic N) is 2. The molecule has 2 aromatic rings. The molecule has 4 rings (SSSR count). The highest BCUT2D eigenvalue weighted by molar-refractivity contribution is 7.13. The van der Waals surface area contributed by atoms with Gasteiger partial charge in [0.25, 0.3) is 0 Å². The molecule has 1 aromatic heterocycles. The summed E-state index contributed by atoms with van der Waals surface area (Å²) in [5.74, 6) is 1.69. The van der Waals surface area contributed by atoms with Crippen LogP contribution in [0.15, 0.2) is 23.6 Å². The van der Waals surface area contributed by atoms with Gasteiger partial charge < -0.3 is 19.7 Å². The van der Waals surface area contributed by atoms with Crippen LogP contribution in [-0.4, -0.2) is 48.0 Å². The van der Waals surface area contributed by atoms with Crippen LogP contribution in [0.4, 0.5) is 5.13 Å². The Morgan fingerprint density at radius 2 is 2.10 bits per heavy atom. The third-order valence-electron chi connectivity index (χ3n) is 5.33. The van der Waals surface area contributed by atoms with E-state index in [9.17, 15) is 9.59 Å². The van der Waals surface area contributed by atoms with Gasteiger partial charge in [-0.1, -0.05) is 6.07 Å². The Morgan fingerprint density at radius 3 is 2.80 bits per heavy atom. The van der Waals surface area contributed by atoms with Gasteiger partial charge in [0.2, 0.25) is 11.8 Å². The fourth-order valence-corrected chi connectivity index (χ4v) is 4.49. The lowest BCUT2D eigenvalue weighted by atomic mass is 9.98. The molecule has 1 aliphatic heterocycles. The number of amides is 2. The zero-order valence-electron chi connectivity index (χ0n) is 17.5. The Labute approximate surface area is 180 Å². The third kappa shape index (κ3) is 4.75. The van der Waals surface area contributed by atoms with Gasteiger partial charge in [-0.3, -0.25) is 9.59 Å². The summed E-state index contributed by atoms with van der Waals surface area (Å²) in [6.45, 7) is 4.47. The van der Waals surface area contributed by atoms with E-state index in [1.54, 1.807) is 12.0 Å². The molecule has 1 saturated carbocycles. The molecule has 0 spiro atoms. The molecular weight excluding hydrogens is 402 g/mol. The summed E-state index contributed by atoms with van der Waals surface area (Å²) >= 11 is 1.44. The predicted molar refractivity (Wildman–Crippen MR) is 115 cm³/mol. The molecule has 8 heteroatoms. The molecular formula is C22H27N3O4S. The first kappa shape index (κ1) is 20.7. The summed E-state index contributed by atoms with van der Waals surface area (Å²) in [5.41, 5.74) is 2.07. The molecule has 1 saturated heterocycles. The maximum atomic E-state index is 12.5. The van der Waals surface area contributed by atoms with Crippen molar-refractivity contribution in [1.29, 1.82) is 0 Å². The lowest BCUT2D eigenvalue weighted by molar-refractivity contribution is -0.131. The van der Waals surface area contributed by atoms with Crippen LogP contribution in [-0.2, 0) is 9.59 Å². The number of anilines is 1. The molecule has 1 atom stereocenters. The number of nitrogens with one attached hydrogen (secondary N) is 1. The van der Waals surface area contributed by atoms with Crippen molar-refractivity contribution in [2.75, 3.05) is 25.5 Å². The van der Waals surface area contributed by atoms with E-state index in [2.05, 4.69) is 10.3 Å². The largest absolute Gasteiger partial charge is 0.493 e. The van der Waals surface area contributed by atoms with E-state index in [0.717, 1.165) is 11.3 Å². The van der Waals surface area contributed by atoms with E-state index >= 15 is 0 Å². The number of carbonyl (C=O) groups is 2. The summed E-state index contributed by atoms with van der Waals surface area (Å²) in [4.78, 5) is 31.0. The minimum atomic E-state index is -0.209. The van der Waals surface area contributed by atoms with Gasteiger partial charge in [0.15, 0.2) is 16.6 Å². The van der Waals surface area contributed by atoms with Crippen molar-refractivity contribution in [2.45, 2.75) is 51.0 Å². The standard InChI is InChI=1S/C22H27N3O4S/c1-13(2)29-19-8-15(6-7-18(19)28-3)16-9-21(27)25(10-16)11-20(26)24-22-23-17(12-30-22)14-4-5-14/h6-8,12-14,16H,4-5,9-11H2,1-3H3,(H,23,24,26). The van der Waals surface area contributed by atoms with Crippen LogP contribution >= 0.6 is 11.3 Å². The Kier molecular flexibility index (Phi) is 5.94. The fraction of sp³-hybridized carbons (Fsp3) is 0.500. The Bertz CT molecular complexity index is 938. The van der Waals surface area contributed by atoms with Gasteiger partial charge in [0, 0.05) is 30.2 Å². The Hall–Kier alpha value is -2.61. The van der Waals surface area contributed by atoms with Crippen molar-refractivity contribution in [3.8, 4) is 11.5 Å². The van der Waals surface area contributed by atoms with Gasteiger partial charge in [0.05, 0.1) is 25.5 Å². The number of methoxy groups -OCH3 is 1. The van der Waals surface area contributed by atoms with Crippen molar-refractivity contribution in [1.82, 2.24) is 9.88 Å². The zero-order valence-corrected chi connectivity index (χ0v) is 18.3. The van der Waals surface area contributed by atoms with Crippen molar-refractivity contribution >= 4 is 28.3 Å². The van der Waals surface area contributed by atoms with E-state index in [-0.39, 0.29) is 30.4 Å². The number of benzene rings is 1. The molecule has 2 amide bonds. The van der Waals surface area contributed by atoms with Crippen LogP contribution in [0.1, 0.15) is 56.2 Å². The Morgan fingerprint density at radius 1 is 1.30 bits per heavy atom. The molecule has 160 valence electrons. The highest BCUT2D eigenvalue weighted by atomic mass is 32.1. The summed E-state index contributed by atoms with van der Waals surface area (Å²) in [6, 6.07) is 5.77. The second-order valence-electron chi connectivity index (χ2n) is 8.15. The maximum Gasteiger partial charge on any atom is 0.245 e. The van der Waals surface area contributed by atoms with Crippen molar-refractivity contribution in [3.05, 3.63) is 34.8 Å². The summed E-state index contributed by atoms with van der Waals surface area (Å²) in [7, 11) is 1.61. The van der Waals surface area contributed by atoms with Gasteiger partial charge in [0.1, 0.15) is 0 Å². The first-order valence-corrected chi connectivity index (χ1v) is 11.2. The number of likely N-dealkylation sites (tertiary alicyclic amines) is 1. The number of carbonyl (C=O) groups excluding carboxylic acids is 2. The molecule has 1 N–H and O–H groups in total. The van der Waals surface area contributed by atoms with Gasteiger partial charge in [-0.05, 0) is 44.4 Å². The highest BCUT2D eigenvalue weighted by Gasteiger charge is 2.32. The first-order valence-electron chi connectivity index (χ1n) is 10.3. The second kappa shape index (κ2) is 8.63. The SMILES string of the molecule is COc1ccc(C2CC(=O)N(CC(=O)Nc3nc(C4CC4)cs3)C2)cc1OC(C)C. The molecule has 2 fully saturated rings. The van der Waals surface area contributed by atoms with Gasteiger partial charge in [-0.15, -0.1) is 11.3 Å². The van der Waals surface area contributed by atoms with Crippen LogP contribution in [0, 0.1) is 0 Å². The minimum Gasteiger partial charge on any atom is -0.493 e. The highest BCUT2D eigenvalue weighted by Crippen LogP contribution is 2.41. The lowest BCUT2D eigenvalue weighted by Gasteiger charge is -2.18. The number of rotatable bonds is 8. The average Bonchev–Trinajstić information content (AvgIpc) is 3.35. The first-order chi connectivity index (χ1) is 14.4. The Balaban J connectivity index is 1.37. The normalized spacial score (nSPS) is 18.7. The molecule has 0 bridgehead atoms. The minimum absolute atomic E-state index is 0.0184. The molecule has 2 heterocycles. The molecule has 1 unspecified atom stereocenters.